The fourth-order valence-electron chi connectivity index (χ4n) is 0.908. The lowest BCUT2D eigenvalue weighted by Gasteiger charge is -2.02. The predicted molar refractivity (Wildman–Crippen MR) is 47.9 cm³/mol. The number of carbonyl (C=O) groups excluding carboxylic acids is 2. The summed E-state index contributed by atoms with van der Waals surface area (Å²) in [6, 6.07) is 5.49. The molecule has 0 fully saturated rings. The maximum atomic E-state index is 13.0. The fraction of sp³-hybridized carbons (Fsp3) is 0.111. The molecule has 0 heterocycles. The van der Waals surface area contributed by atoms with Crippen molar-refractivity contribution in [2.75, 3.05) is 6.54 Å². The molecule has 0 atom stereocenters. The van der Waals surface area contributed by atoms with E-state index in [0.717, 1.165) is 0 Å². The van der Waals surface area contributed by atoms with Gasteiger partial charge in [0.1, 0.15) is 5.82 Å². The Bertz CT molecular complexity index is 366. The SMILES string of the molecule is NC(=O)CNC(=O)c1ccccc1F. The highest BCUT2D eigenvalue weighted by Crippen LogP contribution is 2.05. The number of nitrogens with one attached hydrogen (secondary N) is 1. The van der Waals surface area contributed by atoms with Crippen LogP contribution in [-0.2, 0) is 4.79 Å². The van der Waals surface area contributed by atoms with E-state index in [4.69, 9.17) is 5.73 Å². The Morgan fingerprint density at radius 3 is 2.57 bits per heavy atom. The molecule has 74 valence electrons. The minimum atomic E-state index is -0.672. The quantitative estimate of drug-likeness (QED) is 0.716. The van der Waals surface area contributed by atoms with Gasteiger partial charge in [-0.3, -0.25) is 9.59 Å². The summed E-state index contributed by atoms with van der Waals surface area (Å²) in [6.45, 7) is -0.298. The molecule has 14 heavy (non-hydrogen) atoms. The van der Waals surface area contributed by atoms with Gasteiger partial charge in [-0.05, 0) is 12.1 Å². The zero-order chi connectivity index (χ0) is 10.6. The molecule has 0 aromatic heterocycles. The third kappa shape index (κ3) is 2.55. The second-order valence-corrected chi connectivity index (χ2v) is 2.63. The Kier molecular flexibility index (Phi) is 3.17. The number of hydrogen-bond donors (Lipinski definition) is 2. The Labute approximate surface area is 79.9 Å². The monoisotopic (exact) mass is 196 g/mol. The molecule has 2 amide bonds. The van der Waals surface area contributed by atoms with Crippen LogP contribution in [0.5, 0.6) is 0 Å². The van der Waals surface area contributed by atoms with Crippen molar-refractivity contribution in [3.8, 4) is 0 Å². The summed E-state index contributed by atoms with van der Waals surface area (Å²) in [5.41, 5.74) is 4.71. The molecule has 0 aliphatic rings. The lowest BCUT2D eigenvalue weighted by Crippen LogP contribution is -2.33. The van der Waals surface area contributed by atoms with Gasteiger partial charge < -0.3 is 11.1 Å². The molecular formula is C9H9FN2O2. The first-order chi connectivity index (χ1) is 6.61. The van der Waals surface area contributed by atoms with Gasteiger partial charge in [-0.1, -0.05) is 12.1 Å². The highest BCUT2D eigenvalue weighted by atomic mass is 19.1. The van der Waals surface area contributed by atoms with Gasteiger partial charge in [0.05, 0.1) is 12.1 Å². The summed E-state index contributed by atoms with van der Waals surface area (Å²) in [5.74, 6) is -1.95. The van der Waals surface area contributed by atoms with Crippen LogP contribution in [0, 0.1) is 5.82 Å². The summed E-state index contributed by atoms with van der Waals surface area (Å²) in [6.07, 6.45) is 0. The topological polar surface area (TPSA) is 72.2 Å². The van der Waals surface area contributed by atoms with Crippen LogP contribution < -0.4 is 11.1 Å². The van der Waals surface area contributed by atoms with Crippen LogP contribution in [-0.4, -0.2) is 18.4 Å². The van der Waals surface area contributed by atoms with Gasteiger partial charge in [0, 0.05) is 0 Å². The molecule has 1 aromatic rings. The molecule has 0 saturated heterocycles. The Balaban J connectivity index is 2.70. The largest absolute Gasteiger partial charge is 0.368 e. The zero-order valence-corrected chi connectivity index (χ0v) is 7.29. The first-order valence-corrected chi connectivity index (χ1v) is 3.92. The summed E-state index contributed by atoms with van der Waals surface area (Å²) in [7, 11) is 0. The van der Waals surface area contributed by atoms with Gasteiger partial charge in [-0.15, -0.1) is 0 Å². The Morgan fingerprint density at radius 2 is 2.00 bits per heavy atom. The Morgan fingerprint density at radius 1 is 1.36 bits per heavy atom. The summed E-state index contributed by atoms with van der Waals surface area (Å²) < 4.78 is 13.0. The molecule has 4 nitrogen and oxygen atoms in total. The number of carbonyl (C=O) groups is 2. The maximum absolute atomic E-state index is 13.0. The normalized spacial score (nSPS) is 9.50. The molecule has 5 heteroatoms. The van der Waals surface area contributed by atoms with Gasteiger partial charge in [-0.25, -0.2) is 4.39 Å². The maximum Gasteiger partial charge on any atom is 0.254 e. The summed E-state index contributed by atoms with van der Waals surface area (Å²) in [5, 5.41) is 2.19. The molecular weight excluding hydrogens is 187 g/mol. The van der Waals surface area contributed by atoms with Crippen LogP contribution in [0.1, 0.15) is 10.4 Å². The van der Waals surface area contributed by atoms with E-state index in [0.29, 0.717) is 0 Å². The molecule has 0 aliphatic heterocycles. The molecule has 0 spiro atoms. The second kappa shape index (κ2) is 4.36. The number of rotatable bonds is 3. The van der Waals surface area contributed by atoms with E-state index in [1.165, 1.54) is 24.3 Å². The van der Waals surface area contributed by atoms with E-state index in [9.17, 15) is 14.0 Å². The van der Waals surface area contributed by atoms with E-state index in [1.807, 2.05) is 0 Å². The van der Waals surface area contributed by atoms with Crippen molar-refractivity contribution < 1.29 is 14.0 Å². The molecule has 3 N–H and O–H groups in total. The minimum absolute atomic E-state index is 0.103. The van der Waals surface area contributed by atoms with Gasteiger partial charge in [0.2, 0.25) is 5.91 Å². The van der Waals surface area contributed by atoms with E-state index in [1.54, 1.807) is 0 Å². The first-order valence-electron chi connectivity index (χ1n) is 3.92. The number of nitrogens with two attached hydrogens (primary N) is 1. The summed E-state index contributed by atoms with van der Waals surface area (Å²) >= 11 is 0. The van der Waals surface area contributed by atoms with Crippen LogP contribution in [0.25, 0.3) is 0 Å². The first kappa shape index (κ1) is 10.2. The molecule has 1 aromatic carbocycles. The highest BCUT2D eigenvalue weighted by Gasteiger charge is 2.10. The third-order valence-electron chi connectivity index (χ3n) is 1.54. The van der Waals surface area contributed by atoms with Crippen molar-refractivity contribution in [1.82, 2.24) is 5.32 Å². The van der Waals surface area contributed by atoms with Crippen molar-refractivity contribution in [2.45, 2.75) is 0 Å². The van der Waals surface area contributed by atoms with Gasteiger partial charge in [0.25, 0.3) is 5.91 Å². The minimum Gasteiger partial charge on any atom is -0.368 e. The number of hydrogen-bond acceptors (Lipinski definition) is 2. The lowest BCUT2D eigenvalue weighted by atomic mass is 10.2. The zero-order valence-electron chi connectivity index (χ0n) is 7.29. The smallest absolute Gasteiger partial charge is 0.254 e. The Hall–Kier alpha value is -1.91. The van der Waals surface area contributed by atoms with Gasteiger partial charge in [0.15, 0.2) is 0 Å². The second-order valence-electron chi connectivity index (χ2n) is 2.63. The average molecular weight is 196 g/mol. The highest BCUT2D eigenvalue weighted by molar-refractivity contribution is 5.96. The van der Waals surface area contributed by atoms with Crippen molar-refractivity contribution in [2.24, 2.45) is 5.73 Å². The lowest BCUT2D eigenvalue weighted by molar-refractivity contribution is -0.117. The van der Waals surface area contributed by atoms with E-state index < -0.39 is 17.6 Å². The van der Waals surface area contributed by atoms with E-state index >= 15 is 0 Å². The number of primary amides is 1. The van der Waals surface area contributed by atoms with Crippen molar-refractivity contribution >= 4 is 11.8 Å². The van der Waals surface area contributed by atoms with E-state index in [2.05, 4.69) is 5.32 Å². The molecule has 0 saturated carbocycles. The van der Waals surface area contributed by atoms with E-state index in [-0.39, 0.29) is 12.1 Å². The summed E-state index contributed by atoms with van der Waals surface area (Å²) in [4.78, 5) is 21.5. The molecule has 0 aliphatic carbocycles. The van der Waals surface area contributed by atoms with Crippen molar-refractivity contribution in [3.63, 3.8) is 0 Å². The fourth-order valence-corrected chi connectivity index (χ4v) is 0.908. The molecule has 0 bridgehead atoms. The van der Waals surface area contributed by atoms with Crippen LogP contribution in [0.15, 0.2) is 24.3 Å². The predicted octanol–water partition coefficient (Wildman–Crippen LogP) is 0.0408. The van der Waals surface area contributed by atoms with Crippen LogP contribution in [0.2, 0.25) is 0 Å². The molecule has 1 rings (SSSR count). The average Bonchev–Trinajstić information content (AvgIpc) is 2.15. The van der Waals surface area contributed by atoms with Crippen molar-refractivity contribution in [1.29, 1.82) is 0 Å². The molecule has 0 unspecified atom stereocenters. The van der Waals surface area contributed by atoms with Crippen molar-refractivity contribution in [3.05, 3.63) is 35.6 Å². The van der Waals surface area contributed by atoms with Gasteiger partial charge in [-0.2, -0.15) is 0 Å². The molecule has 0 radical (unpaired) electrons. The van der Waals surface area contributed by atoms with Crippen LogP contribution in [0.3, 0.4) is 0 Å². The third-order valence-corrected chi connectivity index (χ3v) is 1.54. The van der Waals surface area contributed by atoms with Crippen LogP contribution >= 0.6 is 0 Å². The van der Waals surface area contributed by atoms with Crippen LogP contribution in [0.4, 0.5) is 4.39 Å². The number of amides is 2. The van der Waals surface area contributed by atoms with Gasteiger partial charge >= 0.3 is 0 Å². The number of benzene rings is 1. The standard InChI is InChI=1S/C9H9FN2O2/c10-7-4-2-1-3-6(7)9(14)12-5-8(11)13/h1-4H,5H2,(H2,11,13)(H,12,14). The number of halogens is 1.